The molecule has 12 rings (SSSR count). The van der Waals surface area contributed by atoms with E-state index in [9.17, 15) is 9.60 Å². The molecule has 0 amide bonds. The molecule has 0 aliphatic rings. The van der Waals surface area contributed by atoms with Crippen molar-refractivity contribution in [2.75, 3.05) is 0 Å². The fourth-order valence-corrected chi connectivity index (χ4v) is 7.39. The fourth-order valence-electron chi connectivity index (χ4n) is 7.39. The van der Waals surface area contributed by atoms with Crippen molar-refractivity contribution in [3.8, 4) is 78.7 Å². The van der Waals surface area contributed by atoms with Gasteiger partial charge in [-0.1, -0.05) is 151 Å². The molecule has 3 heterocycles. The molecule has 0 bridgehead atoms. The van der Waals surface area contributed by atoms with E-state index in [-0.39, 0.29) is 23.0 Å². The van der Waals surface area contributed by atoms with Crippen LogP contribution < -0.4 is 0 Å². The minimum absolute atomic E-state index is 0.103. The lowest BCUT2D eigenvalue weighted by Crippen LogP contribution is -2.00. The number of benzene rings is 9. The average Bonchev–Trinajstić information content (AvgIpc) is 3.34. The van der Waals surface area contributed by atoms with Gasteiger partial charge < -0.3 is 8.83 Å². The van der Waals surface area contributed by atoms with Crippen molar-refractivity contribution in [3.05, 3.63) is 212 Å². The largest absolute Gasteiger partial charge is 0.456 e. The Hall–Kier alpha value is -8.41. The maximum absolute atomic E-state index is 9.82. The minimum Gasteiger partial charge on any atom is -0.456 e. The van der Waals surface area contributed by atoms with Gasteiger partial charge >= 0.3 is 0 Å². The fraction of sp³-hybridized carbons (Fsp3) is 0. The Morgan fingerprint density at radius 3 is 1.65 bits per heavy atom. The maximum Gasteiger partial charge on any atom is 0.164 e. The summed E-state index contributed by atoms with van der Waals surface area (Å²) in [5.41, 5.74) is -1.86. The summed E-state index contributed by atoms with van der Waals surface area (Å²) >= 11 is 0. The summed E-state index contributed by atoms with van der Waals surface area (Å²) in [6.45, 7) is 0. The van der Waals surface area contributed by atoms with Crippen LogP contribution in [0.3, 0.4) is 0 Å². The first-order valence-corrected chi connectivity index (χ1v) is 19.2. The van der Waals surface area contributed by atoms with Gasteiger partial charge in [0.1, 0.15) is 22.3 Å². The highest BCUT2D eigenvalue weighted by Gasteiger charge is 2.19. The molecule has 0 spiro atoms. The molecule has 0 aliphatic heterocycles. The first-order chi connectivity index (χ1) is 38.6. The Balaban J connectivity index is 1.16. The lowest BCUT2D eigenvalue weighted by molar-refractivity contribution is 0.668. The second-order valence-electron chi connectivity index (χ2n) is 14.1. The number of para-hydroxylation sites is 1. The molecule has 5 heteroatoms. The molecule has 0 fully saturated rings. The molecule has 0 saturated carbocycles. The quantitative estimate of drug-likeness (QED) is 0.160. The molecular weight excluding hydrogens is 759 g/mol. The van der Waals surface area contributed by atoms with Crippen molar-refractivity contribution in [2.45, 2.75) is 0 Å². The van der Waals surface area contributed by atoms with E-state index in [4.69, 9.17) is 40.2 Å². The zero-order chi connectivity index (χ0) is 57.5. The lowest BCUT2D eigenvalue weighted by Gasteiger charge is -2.12. The predicted octanol–water partition coefficient (Wildman–Crippen LogP) is 15.3. The highest BCUT2D eigenvalue weighted by atomic mass is 16.3. The molecule has 12 aromatic rings. The van der Waals surface area contributed by atoms with Crippen LogP contribution in [-0.2, 0) is 0 Å². The van der Waals surface area contributed by atoms with Crippen molar-refractivity contribution in [1.29, 1.82) is 0 Å². The molecule has 290 valence electrons. The number of fused-ring (bicyclic) bond motifs is 6. The third-order valence-electron chi connectivity index (χ3n) is 10.3. The van der Waals surface area contributed by atoms with Crippen molar-refractivity contribution in [1.82, 2.24) is 15.0 Å². The van der Waals surface area contributed by atoms with Gasteiger partial charge in [-0.2, -0.15) is 0 Å². The van der Waals surface area contributed by atoms with Gasteiger partial charge in [0, 0.05) is 38.2 Å². The minimum atomic E-state index is -0.970. The smallest absolute Gasteiger partial charge is 0.164 e. The Morgan fingerprint density at radius 1 is 0.323 bits per heavy atom. The average molecular weight is 813 g/mol. The van der Waals surface area contributed by atoms with Crippen LogP contribution in [0, 0.1) is 0 Å². The summed E-state index contributed by atoms with van der Waals surface area (Å²) in [6.07, 6.45) is 0. The molecule has 9 aromatic carbocycles. The molecule has 5 nitrogen and oxygen atoms in total. The highest BCUT2D eigenvalue weighted by Crippen LogP contribution is 2.41. The van der Waals surface area contributed by atoms with E-state index < -0.39 is 170 Å². The van der Waals surface area contributed by atoms with Gasteiger partial charge in [0.2, 0.25) is 0 Å². The van der Waals surface area contributed by atoms with Crippen LogP contribution in [0.2, 0.25) is 0 Å². The van der Waals surface area contributed by atoms with Gasteiger partial charge in [-0.15, -0.1) is 0 Å². The monoisotopic (exact) mass is 812 g/mol. The standard InChI is InChI=1S/C57H35N3O2/c1-4-13-36(14-5-1)39-23-25-40(26-24-39)55-58-56(41-28-30-51-49(34-41)47-19-10-11-21-50(47)61-51)60-57(59-55)42-27-29-48-53(35-42)62-52-22-12-20-46(54(48)52)45-32-43(37-15-6-2-7-16-37)31-44(33-45)38-17-8-3-9-18-38/h1-35H/i2D,3D,6D,7D,8D,9D,12D,15D,16D,17D,18D,20D,22D,27D,29D,31D,32D,33D,35D. The summed E-state index contributed by atoms with van der Waals surface area (Å²) in [5.74, 6) is -0.0338. The molecule has 0 radical (unpaired) electrons. The van der Waals surface area contributed by atoms with Crippen LogP contribution in [0.15, 0.2) is 221 Å². The van der Waals surface area contributed by atoms with Crippen molar-refractivity contribution < 1.29 is 34.9 Å². The summed E-state index contributed by atoms with van der Waals surface area (Å²) in [6, 6.07) is 13.4. The number of aromatic nitrogens is 3. The summed E-state index contributed by atoms with van der Waals surface area (Å²) in [5, 5.41) is 0.682. The predicted molar refractivity (Wildman–Crippen MR) is 252 cm³/mol. The molecule has 62 heavy (non-hydrogen) atoms. The molecular formula is C57H35N3O2. The SMILES string of the molecule is [2H]c1c([2H])c([2H])c(-c2c([2H])c(-c3c([2H])c([2H])c([2H])c([2H])c3[2H])c([2H])c(-c3c([2H])c([2H])c([2H])c4oc5c([2H])c(-c6nc(-c7ccc(-c8ccccc8)cc7)nc(-c7ccc8oc9ccccc9c8c7)n6)c([2H])c([2H])c5c34)c2[2H])c([2H])c1[2H]. The molecule has 0 aliphatic carbocycles. The molecule has 0 saturated heterocycles. The third-order valence-corrected chi connectivity index (χ3v) is 10.3. The van der Waals surface area contributed by atoms with Gasteiger partial charge in [0.05, 0.1) is 26.0 Å². The number of hydrogen-bond acceptors (Lipinski definition) is 5. The normalized spacial score (nSPS) is 15.8. The molecule has 0 unspecified atom stereocenters. The van der Waals surface area contributed by atoms with E-state index in [1.165, 1.54) is 0 Å². The van der Waals surface area contributed by atoms with E-state index in [0.717, 1.165) is 21.9 Å². The van der Waals surface area contributed by atoms with Crippen LogP contribution in [0.4, 0.5) is 0 Å². The first kappa shape index (κ1) is 21.2. The van der Waals surface area contributed by atoms with Gasteiger partial charge in [0.25, 0.3) is 0 Å². The Kier molecular flexibility index (Phi) is 5.03. The lowest BCUT2D eigenvalue weighted by atomic mass is 9.91. The van der Waals surface area contributed by atoms with E-state index in [2.05, 4.69) is 0 Å². The van der Waals surface area contributed by atoms with Gasteiger partial charge in [-0.3, -0.25) is 0 Å². The Bertz CT molecular complexity index is 4600. The van der Waals surface area contributed by atoms with Crippen molar-refractivity contribution >= 4 is 43.9 Å². The van der Waals surface area contributed by atoms with Gasteiger partial charge in [-0.05, 0) is 105 Å². The summed E-state index contributed by atoms with van der Waals surface area (Å²) in [7, 11) is 0. The number of rotatable bonds is 7. The van der Waals surface area contributed by atoms with Crippen LogP contribution in [-0.4, -0.2) is 15.0 Å². The van der Waals surface area contributed by atoms with E-state index in [0.29, 0.717) is 22.3 Å². The highest BCUT2D eigenvalue weighted by molar-refractivity contribution is 6.13. The second kappa shape index (κ2) is 14.7. The van der Waals surface area contributed by atoms with Crippen LogP contribution in [0.25, 0.3) is 123 Å². The number of furan rings is 2. The van der Waals surface area contributed by atoms with Gasteiger partial charge in [-0.25, -0.2) is 15.0 Å². The first-order valence-electron chi connectivity index (χ1n) is 28.7. The molecule has 0 N–H and O–H groups in total. The van der Waals surface area contributed by atoms with E-state index >= 15 is 0 Å². The zero-order valence-electron chi connectivity index (χ0n) is 50.9. The van der Waals surface area contributed by atoms with Crippen molar-refractivity contribution in [2.24, 2.45) is 0 Å². The van der Waals surface area contributed by atoms with Crippen molar-refractivity contribution in [3.63, 3.8) is 0 Å². The van der Waals surface area contributed by atoms with Crippen LogP contribution in [0.5, 0.6) is 0 Å². The number of hydrogen-bond donors (Lipinski definition) is 0. The second-order valence-corrected chi connectivity index (χ2v) is 14.1. The molecule has 0 atom stereocenters. The maximum atomic E-state index is 9.82. The Labute approximate surface area is 383 Å². The zero-order valence-corrected chi connectivity index (χ0v) is 31.9. The number of nitrogens with zero attached hydrogens (tertiary/aromatic N) is 3. The van der Waals surface area contributed by atoms with Gasteiger partial charge in [0.15, 0.2) is 17.5 Å². The van der Waals surface area contributed by atoms with E-state index in [1.54, 1.807) is 24.3 Å². The summed E-state index contributed by atoms with van der Waals surface area (Å²) < 4.78 is 185. The van der Waals surface area contributed by atoms with Crippen LogP contribution >= 0.6 is 0 Å². The molecule has 3 aromatic heterocycles. The Morgan fingerprint density at radius 2 is 0.903 bits per heavy atom. The third kappa shape index (κ3) is 6.32. The van der Waals surface area contributed by atoms with E-state index in [1.807, 2.05) is 72.8 Å². The van der Waals surface area contributed by atoms with Crippen LogP contribution in [0.1, 0.15) is 26.0 Å². The topological polar surface area (TPSA) is 65.0 Å². The summed E-state index contributed by atoms with van der Waals surface area (Å²) in [4.78, 5) is 14.5.